The maximum absolute atomic E-state index is 11.5. The highest BCUT2D eigenvalue weighted by Crippen LogP contribution is 2.15. The lowest BCUT2D eigenvalue weighted by Crippen LogP contribution is -2.27. The van der Waals surface area contributed by atoms with E-state index in [4.69, 9.17) is 9.47 Å². The Morgan fingerprint density at radius 3 is 2.12 bits per heavy atom. The molecule has 0 N–H and O–H groups in total. The van der Waals surface area contributed by atoms with E-state index in [2.05, 4.69) is 0 Å². The number of carbonyl (C=O) groups excluding carboxylic acids is 2. The van der Waals surface area contributed by atoms with E-state index < -0.39 is 11.5 Å². The second kappa shape index (κ2) is 6.51. The van der Waals surface area contributed by atoms with E-state index in [9.17, 15) is 9.59 Å². The number of hydrogen-bond donors (Lipinski definition) is 0. The number of carbonyl (C=O) groups is 2. The van der Waals surface area contributed by atoms with Gasteiger partial charge in [0.15, 0.2) is 0 Å². The van der Waals surface area contributed by atoms with Crippen LogP contribution in [0.2, 0.25) is 0 Å². The molecule has 16 heavy (non-hydrogen) atoms. The van der Waals surface area contributed by atoms with Crippen LogP contribution in [0.25, 0.3) is 0 Å². The van der Waals surface area contributed by atoms with Crippen molar-refractivity contribution in [3.63, 3.8) is 0 Å². The summed E-state index contributed by atoms with van der Waals surface area (Å²) < 4.78 is 10.0. The molecule has 94 valence electrons. The second-order valence-electron chi connectivity index (χ2n) is 4.65. The lowest BCUT2D eigenvalue weighted by atomic mass is 10.0. The molecule has 0 aromatic rings. The van der Waals surface area contributed by atoms with Gasteiger partial charge in [-0.3, -0.25) is 9.59 Å². The summed E-state index contributed by atoms with van der Waals surface area (Å²) in [5.74, 6) is -1.07. The summed E-state index contributed by atoms with van der Waals surface area (Å²) >= 11 is 0. The van der Waals surface area contributed by atoms with E-state index in [-0.39, 0.29) is 18.4 Å². The van der Waals surface area contributed by atoms with E-state index in [1.54, 1.807) is 27.7 Å². The quantitative estimate of drug-likeness (QED) is 0.680. The number of esters is 2. The first kappa shape index (κ1) is 14.9. The topological polar surface area (TPSA) is 52.6 Å². The zero-order chi connectivity index (χ0) is 12.8. The Morgan fingerprint density at radius 1 is 1.19 bits per heavy atom. The largest absolute Gasteiger partial charge is 0.466 e. The van der Waals surface area contributed by atoms with Gasteiger partial charge in [0.1, 0.15) is 5.60 Å². The average molecular weight is 230 g/mol. The van der Waals surface area contributed by atoms with Crippen molar-refractivity contribution >= 4 is 11.9 Å². The average Bonchev–Trinajstić information content (AvgIpc) is 2.11. The summed E-state index contributed by atoms with van der Waals surface area (Å²) in [4.78, 5) is 23.0. The Morgan fingerprint density at radius 2 is 1.75 bits per heavy atom. The van der Waals surface area contributed by atoms with Crippen LogP contribution >= 0.6 is 0 Å². The fourth-order valence-electron chi connectivity index (χ4n) is 1.24. The first-order chi connectivity index (χ1) is 7.30. The third kappa shape index (κ3) is 6.43. The van der Waals surface area contributed by atoms with Gasteiger partial charge >= 0.3 is 11.9 Å². The molecule has 0 spiro atoms. The smallest absolute Gasteiger partial charge is 0.309 e. The van der Waals surface area contributed by atoms with E-state index in [1.807, 2.05) is 6.92 Å². The van der Waals surface area contributed by atoms with Crippen LogP contribution < -0.4 is 0 Å². The monoisotopic (exact) mass is 230 g/mol. The standard InChI is InChI=1S/C12H22O4/c1-6-9(11(14)15-7-2)8-10(13)16-12(3,4)5/h9H,6-8H2,1-5H3. The van der Waals surface area contributed by atoms with E-state index in [1.165, 1.54) is 0 Å². The molecule has 0 fully saturated rings. The number of rotatable bonds is 5. The van der Waals surface area contributed by atoms with Crippen LogP contribution in [0.3, 0.4) is 0 Å². The summed E-state index contributed by atoms with van der Waals surface area (Å²) in [6.07, 6.45) is 0.671. The SMILES string of the molecule is CCOC(=O)C(CC)CC(=O)OC(C)(C)C. The first-order valence-electron chi connectivity index (χ1n) is 5.68. The van der Waals surface area contributed by atoms with E-state index >= 15 is 0 Å². The maximum atomic E-state index is 11.5. The molecule has 1 atom stereocenters. The zero-order valence-corrected chi connectivity index (χ0v) is 10.8. The van der Waals surface area contributed by atoms with Crippen LogP contribution in [0, 0.1) is 5.92 Å². The van der Waals surface area contributed by atoms with Gasteiger partial charge in [-0.25, -0.2) is 0 Å². The van der Waals surface area contributed by atoms with Crippen molar-refractivity contribution in [3.8, 4) is 0 Å². The molecule has 0 amide bonds. The fraction of sp³-hybridized carbons (Fsp3) is 0.833. The van der Waals surface area contributed by atoms with E-state index in [0.29, 0.717) is 13.0 Å². The third-order valence-electron chi connectivity index (χ3n) is 1.95. The molecule has 0 rings (SSSR count). The van der Waals surface area contributed by atoms with Crippen molar-refractivity contribution < 1.29 is 19.1 Å². The highest BCUT2D eigenvalue weighted by molar-refractivity contribution is 5.80. The first-order valence-corrected chi connectivity index (χ1v) is 5.68. The van der Waals surface area contributed by atoms with Crippen LogP contribution in [-0.4, -0.2) is 24.1 Å². The molecule has 4 heteroatoms. The number of ether oxygens (including phenoxy) is 2. The van der Waals surface area contributed by atoms with Crippen LogP contribution in [0.5, 0.6) is 0 Å². The van der Waals surface area contributed by atoms with Crippen molar-refractivity contribution in [2.45, 2.75) is 53.1 Å². The maximum Gasteiger partial charge on any atom is 0.309 e. The molecular formula is C12H22O4. The minimum Gasteiger partial charge on any atom is -0.466 e. The molecular weight excluding hydrogens is 208 g/mol. The predicted octanol–water partition coefficient (Wildman–Crippen LogP) is 2.31. The van der Waals surface area contributed by atoms with Crippen LogP contribution in [-0.2, 0) is 19.1 Å². The molecule has 0 aliphatic carbocycles. The fourth-order valence-corrected chi connectivity index (χ4v) is 1.24. The third-order valence-corrected chi connectivity index (χ3v) is 1.95. The molecule has 0 aromatic carbocycles. The second-order valence-corrected chi connectivity index (χ2v) is 4.65. The molecule has 0 saturated carbocycles. The Kier molecular flexibility index (Phi) is 6.08. The summed E-state index contributed by atoms with van der Waals surface area (Å²) in [5, 5.41) is 0. The Bertz CT molecular complexity index is 240. The van der Waals surface area contributed by atoms with Gasteiger partial charge in [-0.05, 0) is 34.1 Å². The lowest BCUT2D eigenvalue weighted by molar-refractivity contribution is -0.161. The predicted molar refractivity (Wildman–Crippen MR) is 60.9 cm³/mol. The highest BCUT2D eigenvalue weighted by Gasteiger charge is 2.24. The molecule has 1 unspecified atom stereocenters. The minimum absolute atomic E-state index is 0.0899. The Balaban J connectivity index is 4.22. The van der Waals surface area contributed by atoms with Gasteiger partial charge in [0.05, 0.1) is 18.9 Å². The van der Waals surface area contributed by atoms with Crippen LogP contribution in [0.15, 0.2) is 0 Å². The van der Waals surface area contributed by atoms with E-state index in [0.717, 1.165) is 0 Å². The van der Waals surface area contributed by atoms with Gasteiger partial charge in [-0.1, -0.05) is 6.92 Å². The van der Waals surface area contributed by atoms with Crippen LogP contribution in [0.4, 0.5) is 0 Å². The molecule has 0 saturated heterocycles. The molecule has 0 aliphatic rings. The van der Waals surface area contributed by atoms with Gasteiger partial charge in [0.25, 0.3) is 0 Å². The molecule has 0 aromatic heterocycles. The summed E-state index contributed by atoms with van der Waals surface area (Å²) in [6, 6.07) is 0. The van der Waals surface area contributed by atoms with Gasteiger partial charge < -0.3 is 9.47 Å². The Labute approximate surface area is 97.3 Å². The van der Waals surface area contributed by atoms with Crippen LogP contribution in [0.1, 0.15) is 47.5 Å². The van der Waals surface area contributed by atoms with Crippen molar-refractivity contribution in [1.29, 1.82) is 0 Å². The summed E-state index contributed by atoms with van der Waals surface area (Å²) in [7, 11) is 0. The van der Waals surface area contributed by atoms with Crippen molar-refractivity contribution in [2.24, 2.45) is 5.92 Å². The number of hydrogen-bond acceptors (Lipinski definition) is 4. The van der Waals surface area contributed by atoms with Gasteiger partial charge in [-0.15, -0.1) is 0 Å². The van der Waals surface area contributed by atoms with Crippen molar-refractivity contribution in [1.82, 2.24) is 0 Å². The van der Waals surface area contributed by atoms with Gasteiger partial charge in [0, 0.05) is 0 Å². The van der Waals surface area contributed by atoms with Crippen molar-refractivity contribution in [2.75, 3.05) is 6.61 Å². The highest BCUT2D eigenvalue weighted by atomic mass is 16.6. The molecule has 0 aliphatic heterocycles. The molecule has 0 heterocycles. The zero-order valence-electron chi connectivity index (χ0n) is 10.8. The van der Waals surface area contributed by atoms with Gasteiger partial charge in [-0.2, -0.15) is 0 Å². The summed E-state index contributed by atoms with van der Waals surface area (Å²) in [6.45, 7) is 9.34. The molecule has 0 bridgehead atoms. The summed E-state index contributed by atoms with van der Waals surface area (Å²) in [5.41, 5.74) is -0.510. The normalized spacial score (nSPS) is 13.1. The minimum atomic E-state index is -0.510. The Hall–Kier alpha value is -1.06. The van der Waals surface area contributed by atoms with Gasteiger partial charge in [0.2, 0.25) is 0 Å². The molecule has 0 radical (unpaired) electrons. The molecule has 4 nitrogen and oxygen atoms in total. The lowest BCUT2D eigenvalue weighted by Gasteiger charge is -2.21. The van der Waals surface area contributed by atoms with Crippen molar-refractivity contribution in [3.05, 3.63) is 0 Å².